The first-order valence-corrected chi connectivity index (χ1v) is 9.59. The van der Waals surface area contributed by atoms with Crippen molar-refractivity contribution in [2.24, 2.45) is 0 Å². The highest BCUT2D eigenvalue weighted by Gasteiger charge is 2.44. The number of hydrogen-bond donors (Lipinski definition) is 3. The third-order valence-corrected chi connectivity index (χ3v) is 5.41. The van der Waals surface area contributed by atoms with Crippen LogP contribution >= 0.6 is 0 Å². The van der Waals surface area contributed by atoms with E-state index < -0.39 is 23.6 Å². The van der Waals surface area contributed by atoms with Crippen LogP contribution in [0, 0.1) is 0 Å². The van der Waals surface area contributed by atoms with Crippen LogP contribution in [0.25, 0.3) is 0 Å². The summed E-state index contributed by atoms with van der Waals surface area (Å²) in [5, 5.41) is 15.5. The second kappa shape index (κ2) is 7.89. The van der Waals surface area contributed by atoms with E-state index in [1.54, 1.807) is 0 Å². The molecule has 1 aliphatic heterocycles. The van der Waals surface area contributed by atoms with Crippen LogP contribution in [0.2, 0.25) is 0 Å². The Kier molecular flexibility index (Phi) is 5.14. The lowest BCUT2D eigenvalue weighted by Crippen LogP contribution is -2.52. The normalized spacial score (nSPS) is 19.0. The van der Waals surface area contributed by atoms with Crippen LogP contribution in [0.4, 0.5) is 0 Å². The van der Waals surface area contributed by atoms with E-state index in [4.69, 9.17) is 0 Å². The van der Waals surface area contributed by atoms with Gasteiger partial charge in [0.1, 0.15) is 6.04 Å². The lowest BCUT2D eigenvalue weighted by Gasteiger charge is -2.38. The fourth-order valence-corrected chi connectivity index (χ4v) is 4.04. The molecule has 1 heterocycles. The first kappa shape index (κ1) is 18.9. The third-order valence-electron chi connectivity index (χ3n) is 5.41. The van der Waals surface area contributed by atoms with Crippen molar-refractivity contribution in [1.82, 2.24) is 10.6 Å². The van der Waals surface area contributed by atoms with E-state index in [1.165, 1.54) is 0 Å². The highest BCUT2D eigenvalue weighted by molar-refractivity contribution is 5.91. The van der Waals surface area contributed by atoms with Crippen molar-refractivity contribution in [2.45, 2.75) is 24.0 Å². The molecule has 1 fully saturated rings. The summed E-state index contributed by atoms with van der Waals surface area (Å²) in [6.45, 7) is 0. The molecule has 1 amide bonds. The summed E-state index contributed by atoms with van der Waals surface area (Å²) >= 11 is 0. The Hall–Kier alpha value is -3.44. The SMILES string of the molecule is O=C(O)C1CC(NC(c2ccccc2)(c2ccccc2)c2ccccc2)C(=O)N1. The highest BCUT2D eigenvalue weighted by atomic mass is 16.4. The van der Waals surface area contributed by atoms with Gasteiger partial charge in [-0.05, 0) is 16.7 Å². The lowest BCUT2D eigenvalue weighted by atomic mass is 9.76. The molecule has 3 aromatic rings. The second-order valence-electron chi connectivity index (χ2n) is 7.18. The molecule has 3 N–H and O–H groups in total. The van der Waals surface area contributed by atoms with Gasteiger partial charge < -0.3 is 10.4 Å². The molecule has 29 heavy (non-hydrogen) atoms. The Bertz CT molecular complexity index is 894. The number of aliphatic carboxylic acids is 1. The van der Waals surface area contributed by atoms with Gasteiger partial charge in [0.25, 0.3) is 0 Å². The van der Waals surface area contributed by atoms with Gasteiger partial charge in [-0.2, -0.15) is 0 Å². The Labute approximate surface area is 169 Å². The number of amides is 1. The summed E-state index contributed by atoms with van der Waals surface area (Å²) in [7, 11) is 0. The fraction of sp³-hybridized carbons (Fsp3) is 0.167. The molecule has 0 aliphatic carbocycles. The molecule has 2 atom stereocenters. The van der Waals surface area contributed by atoms with Crippen LogP contribution in [-0.2, 0) is 15.1 Å². The van der Waals surface area contributed by atoms with Crippen molar-refractivity contribution in [3.8, 4) is 0 Å². The Morgan fingerprint density at radius 1 is 0.828 bits per heavy atom. The van der Waals surface area contributed by atoms with E-state index in [0.717, 1.165) is 16.7 Å². The van der Waals surface area contributed by atoms with Crippen LogP contribution in [0.5, 0.6) is 0 Å². The van der Waals surface area contributed by atoms with Crippen molar-refractivity contribution in [2.75, 3.05) is 0 Å². The molecule has 2 unspecified atom stereocenters. The number of rotatable bonds is 6. The largest absolute Gasteiger partial charge is 0.480 e. The van der Waals surface area contributed by atoms with Gasteiger partial charge >= 0.3 is 5.97 Å². The van der Waals surface area contributed by atoms with Gasteiger partial charge in [-0.25, -0.2) is 4.79 Å². The summed E-state index contributed by atoms with van der Waals surface area (Å²) in [6.07, 6.45) is 0.183. The minimum atomic E-state index is -1.02. The maximum absolute atomic E-state index is 12.6. The zero-order valence-corrected chi connectivity index (χ0v) is 15.8. The third kappa shape index (κ3) is 3.52. The maximum Gasteiger partial charge on any atom is 0.326 e. The monoisotopic (exact) mass is 386 g/mol. The van der Waals surface area contributed by atoms with Gasteiger partial charge in [0, 0.05) is 6.42 Å². The zero-order chi connectivity index (χ0) is 20.3. The van der Waals surface area contributed by atoms with E-state index in [0.29, 0.717) is 0 Å². The van der Waals surface area contributed by atoms with Gasteiger partial charge in [-0.15, -0.1) is 0 Å². The summed E-state index contributed by atoms with van der Waals surface area (Å²) < 4.78 is 0. The van der Waals surface area contributed by atoms with Crippen LogP contribution in [0.1, 0.15) is 23.1 Å². The molecule has 0 spiro atoms. The number of nitrogens with one attached hydrogen (secondary N) is 2. The highest BCUT2D eigenvalue weighted by Crippen LogP contribution is 2.37. The van der Waals surface area contributed by atoms with Gasteiger partial charge in [0.2, 0.25) is 5.91 Å². The van der Waals surface area contributed by atoms with E-state index in [2.05, 4.69) is 10.6 Å². The second-order valence-corrected chi connectivity index (χ2v) is 7.18. The van der Waals surface area contributed by atoms with Crippen LogP contribution < -0.4 is 10.6 Å². The standard InChI is InChI=1S/C24H22N2O3/c27-22-20(16-21(25-22)23(28)29)26-24(17-10-4-1-5-11-17,18-12-6-2-7-13-18)19-14-8-3-9-15-19/h1-15,20-21,26H,16H2,(H,25,27)(H,28,29). The summed E-state index contributed by atoms with van der Waals surface area (Å²) in [4.78, 5) is 24.0. The average molecular weight is 386 g/mol. The van der Waals surface area contributed by atoms with Crippen molar-refractivity contribution >= 4 is 11.9 Å². The number of benzene rings is 3. The van der Waals surface area contributed by atoms with E-state index in [9.17, 15) is 14.7 Å². The molecule has 0 aromatic heterocycles. The van der Waals surface area contributed by atoms with E-state index in [-0.39, 0.29) is 12.3 Å². The first-order valence-electron chi connectivity index (χ1n) is 9.59. The van der Waals surface area contributed by atoms with Crippen LogP contribution in [-0.4, -0.2) is 29.1 Å². The zero-order valence-electron chi connectivity index (χ0n) is 15.8. The van der Waals surface area contributed by atoms with Crippen molar-refractivity contribution in [3.63, 3.8) is 0 Å². The smallest absolute Gasteiger partial charge is 0.326 e. The quantitative estimate of drug-likeness (QED) is 0.569. The van der Waals surface area contributed by atoms with Crippen LogP contribution in [0.15, 0.2) is 91.0 Å². The van der Waals surface area contributed by atoms with Gasteiger partial charge in [0.15, 0.2) is 0 Å². The maximum atomic E-state index is 12.6. The molecular weight excluding hydrogens is 364 g/mol. The van der Waals surface area contributed by atoms with Crippen molar-refractivity contribution < 1.29 is 14.7 Å². The number of carboxylic acid groups (broad SMARTS) is 1. The molecule has 1 saturated heterocycles. The molecule has 0 radical (unpaired) electrons. The van der Waals surface area contributed by atoms with Gasteiger partial charge in [-0.3, -0.25) is 10.1 Å². The molecule has 4 rings (SSSR count). The Morgan fingerprint density at radius 2 is 1.24 bits per heavy atom. The van der Waals surface area contributed by atoms with Gasteiger partial charge in [-0.1, -0.05) is 91.0 Å². The number of hydrogen-bond acceptors (Lipinski definition) is 3. The molecule has 146 valence electrons. The molecule has 3 aromatic carbocycles. The minimum Gasteiger partial charge on any atom is -0.480 e. The molecule has 5 nitrogen and oxygen atoms in total. The lowest BCUT2D eigenvalue weighted by molar-refractivity contribution is -0.140. The first-order chi connectivity index (χ1) is 14.1. The Balaban J connectivity index is 1.89. The topological polar surface area (TPSA) is 78.4 Å². The van der Waals surface area contributed by atoms with Gasteiger partial charge in [0.05, 0.1) is 11.6 Å². The number of carboxylic acids is 1. The molecule has 0 saturated carbocycles. The molecule has 5 heteroatoms. The fourth-order valence-electron chi connectivity index (χ4n) is 4.04. The predicted octanol–water partition coefficient (Wildman–Crippen LogP) is 2.91. The van der Waals surface area contributed by atoms with Crippen molar-refractivity contribution in [1.29, 1.82) is 0 Å². The summed E-state index contributed by atoms with van der Waals surface area (Å²) in [6, 6.07) is 28.2. The average Bonchev–Trinajstić information content (AvgIpc) is 3.14. The summed E-state index contributed by atoms with van der Waals surface area (Å²) in [5.41, 5.74) is 2.12. The van der Waals surface area contributed by atoms with E-state index >= 15 is 0 Å². The van der Waals surface area contributed by atoms with E-state index in [1.807, 2.05) is 91.0 Å². The molecule has 1 aliphatic rings. The van der Waals surface area contributed by atoms with Crippen LogP contribution in [0.3, 0.4) is 0 Å². The molecular formula is C24H22N2O3. The number of carbonyl (C=O) groups is 2. The van der Waals surface area contributed by atoms with Crippen molar-refractivity contribution in [3.05, 3.63) is 108 Å². The summed E-state index contributed by atoms with van der Waals surface area (Å²) in [5.74, 6) is -1.32. The Morgan fingerprint density at radius 3 is 1.59 bits per heavy atom. The predicted molar refractivity (Wildman–Crippen MR) is 110 cm³/mol. The molecule has 0 bridgehead atoms. The number of carbonyl (C=O) groups excluding carboxylic acids is 1. The minimum absolute atomic E-state index is 0.183.